The lowest BCUT2D eigenvalue weighted by molar-refractivity contribution is -0.870. The van der Waals surface area contributed by atoms with Crippen molar-refractivity contribution in [2.75, 3.05) is 47.5 Å². The van der Waals surface area contributed by atoms with Gasteiger partial charge in [0.05, 0.1) is 33.9 Å². The molecule has 0 aromatic heterocycles. The van der Waals surface area contributed by atoms with Crippen molar-refractivity contribution in [1.82, 2.24) is 0 Å². The van der Waals surface area contributed by atoms with Crippen LogP contribution in [0.1, 0.15) is 136 Å². The van der Waals surface area contributed by atoms with E-state index in [4.69, 9.17) is 18.5 Å². The number of nitrogens with zero attached hydrogens (tertiary/aromatic N) is 1. The number of unbranched alkanes of at least 4 members (excludes halogenated alkanes) is 8. The number of aliphatic hydroxyl groups is 1. The summed E-state index contributed by atoms with van der Waals surface area (Å²) in [5.74, 6) is -1.05. The predicted octanol–water partition coefficient (Wildman–Crippen LogP) is 11.0. The largest absolute Gasteiger partial charge is 0.472 e. The van der Waals surface area contributed by atoms with Gasteiger partial charge in [-0.05, 0) is 77.0 Å². The molecule has 2 unspecified atom stereocenters. The van der Waals surface area contributed by atoms with Gasteiger partial charge in [-0.25, -0.2) is 4.57 Å². The van der Waals surface area contributed by atoms with E-state index in [2.05, 4.69) is 74.6 Å². The predicted molar refractivity (Wildman–Crippen MR) is 235 cm³/mol. The van der Waals surface area contributed by atoms with Crippen LogP contribution in [0.4, 0.5) is 0 Å². The molecular weight excluding hydrogens is 741 g/mol. The SMILES string of the molecule is CC/C=C\C/C=C\C/C=C\C/C=C\CCCCC(=O)OC[C@H](COP(=O)(O)OCC[N+](C)(C)C)OC(=O)CCCC(O)/C=C/C=C/C/C=C/CCCCCCCC. The van der Waals surface area contributed by atoms with Gasteiger partial charge in [0.25, 0.3) is 0 Å². The molecule has 0 amide bonds. The Morgan fingerprint density at radius 2 is 1.21 bits per heavy atom. The fourth-order valence-corrected chi connectivity index (χ4v) is 5.87. The van der Waals surface area contributed by atoms with E-state index in [0.29, 0.717) is 30.3 Å². The maximum atomic E-state index is 12.7. The molecule has 0 saturated heterocycles. The number of allylic oxidation sites excluding steroid dienone is 13. The second-order valence-corrected chi connectivity index (χ2v) is 16.6. The molecule has 11 heteroatoms. The smallest absolute Gasteiger partial charge is 0.462 e. The van der Waals surface area contributed by atoms with Gasteiger partial charge in [-0.1, -0.05) is 131 Å². The highest BCUT2D eigenvalue weighted by Gasteiger charge is 2.27. The highest BCUT2D eigenvalue weighted by atomic mass is 31.2. The molecule has 0 aliphatic rings. The van der Waals surface area contributed by atoms with Crippen LogP contribution in [0.15, 0.2) is 85.1 Å². The molecule has 0 bridgehead atoms. The molecule has 0 aliphatic carbocycles. The number of carbonyl (C=O) groups is 2. The van der Waals surface area contributed by atoms with Crippen LogP contribution in [0.3, 0.4) is 0 Å². The minimum atomic E-state index is -4.44. The van der Waals surface area contributed by atoms with E-state index in [9.17, 15) is 24.2 Å². The lowest BCUT2D eigenvalue weighted by atomic mass is 10.1. The lowest BCUT2D eigenvalue weighted by Gasteiger charge is -2.24. The van der Waals surface area contributed by atoms with E-state index in [1.807, 2.05) is 33.3 Å². The number of likely N-dealkylation sites (N-methyl/N-ethyl adjacent to an activating group) is 1. The Morgan fingerprint density at radius 1 is 0.649 bits per heavy atom. The number of hydrogen-bond donors (Lipinski definition) is 2. The van der Waals surface area contributed by atoms with Gasteiger partial charge in [0, 0.05) is 12.8 Å². The number of quaternary nitrogens is 1. The second kappa shape index (κ2) is 37.4. The molecule has 326 valence electrons. The normalized spacial score (nSPS) is 15.0. The molecule has 0 aromatic rings. The number of esters is 2. The monoisotopic (exact) mass is 821 g/mol. The summed E-state index contributed by atoms with van der Waals surface area (Å²) in [5.41, 5.74) is 0. The minimum absolute atomic E-state index is 0.00265. The Bertz CT molecular complexity index is 1260. The van der Waals surface area contributed by atoms with Crippen molar-refractivity contribution in [3.05, 3.63) is 85.1 Å². The van der Waals surface area contributed by atoms with E-state index in [1.54, 1.807) is 12.2 Å². The molecule has 0 aromatic carbocycles. The van der Waals surface area contributed by atoms with Gasteiger partial charge in [0.15, 0.2) is 6.10 Å². The first-order valence-electron chi connectivity index (χ1n) is 21.4. The number of rotatable bonds is 37. The summed E-state index contributed by atoms with van der Waals surface area (Å²) in [7, 11) is 1.32. The average molecular weight is 821 g/mol. The quantitative estimate of drug-likeness (QED) is 0.0157. The summed E-state index contributed by atoms with van der Waals surface area (Å²) in [4.78, 5) is 35.3. The minimum Gasteiger partial charge on any atom is -0.462 e. The standard InChI is InChI=1S/C46H78NO9P/c1-6-8-10-12-14-16-18-20-21-23-25-27-29-31-33-37-45(49)53-41-44(42-55-57(51,52)54-40-39-47(3,4)5)56-46(50)38-34-36-43(48)35-32-30-28-26-24-22-19-17-15-13-11-9-7-2/h8,10,14,16,20-22,24-25,27-28,30,32,35,43-44,48H,6-7,9,11-13,15,17-19,23,26,29,31,33-34,36-42H2,1-5H3/p+1/b10-8-,16-14-,21-20-,24-22+,27-25-,30-28+,35-32+/t43?,44-/m1/s1. The number of ether oxygens (including phenoxy) is 2. The Labute approximate surface area is 346 Å². The van der Waals surface area contributed by atoms with Crippen LogP contribution in [0.5, 0.6) is 0 Å². The van der Waals surface area contributed by atoms with Crippen molar-refractivity contribution >= 4 is 19.8 Å². The molecule has 0 spiro atoms. The third-order valence-corrected chi connectivity index (χ3v) is 9.50. The number of carbonyl (C=O) groups excluding carboxylic acids is 2. The maximum absolute atomic E-state index is 12.7. The van der Waals surface area contributed by atoms with Gasteiger partial charge in [0.1, 0.15) is 19.8 Å². The van der Waals surface area contributed by atoms with E-state index < -0.39 is 38.6 Å². The highest BCUT2D eigenvalue weighted by Crippen LogP contribution is 2.43. The summed E-state index contributed by atoms with van der Waals surface area (Å²) in [6.45, 7) is 4.00. The highest BCUT2D eigenvalue weighted by molar-refractivity contribution is 7.47. The van der Waals surface area contributed by atoms with Crippen LogP contribution in [-0.2, 0) is 32.7 Å². The fraction of sp³-hybridized carbons (Fsp3) is 0.652. The Hall–Kier alpha value is -2.85. The Kier molecular flexibility index (Phi) is 35.6. The van der Waals surface area contributed by atoms with Crippen LogP contribution in [0.2, 0.25) is 0 Å². The summed E-state index contributed by atoms with van der Waals surface area (Å²) in [6.07, 6.45) is 43.9. The Morgan fingerprint density at radius 3 is 1.84 bits per heavy atom. The van der Waals surface area contributed by atoms with Crippen LogP contribution in [-0.4, -0.2) is 86.1 Å². The molecule has 0 heterocycles. The van der Waals surface area contributed by atoms with Gasteiger partial charge in [0.2, 0.25) is 0 Å². The number of hydrogen-bond acceptors (Lipinski definition) is 8. The van der Waals surface area contributed by atoms with E-state index >= 15 is 0 Å². The summed E-state index contributed by atoms with van der Waals surface area (Å²) >= 11 is 0. The molecule has 57 heavy (non-hydrogen) atoms. The number of phosphoric ester groups is 1. The zero-order valence-electron chi connectivity index (χ0n) is 36.1. The molecule has 0 saturated carbocycles. The first-order chi connectivity index (χ1) is 27.4. The summed E-state index contributed by atoms with van der Waals surface area (Å²) in [5, 5.41) is 10.3. The molecule has 0 fully saturated rings. The molecule has 0 rings (SSSR count). The molecular formula is C46H79NO9P+. The van der Waals surface area contributed by atoms with Gasteiger partial charge >= 0.3 is 19.8 Å². The molecule has 0 aliphatic heterocycles. The van der Waals surface area contributed by atoms with E-state index in [1.165, 1.54) is 38.5 Å². The maximum Gasteiger partial charge on any atom is 0.472 e. The lowest BCUT2D eigenvalue weighted by Crippen LogP contribution is -2.37. The van der Waals surface area contributed by atoms with Crippen LogP contribution >= 0.6 is 7.82 Å². The van der Waals surface area contributed by atoms with Crippen molar-refractivity contribution in [2.45, 2.75) is 148 Å². The fourth-order valence-electron chi connectivity index (χ4n) is 5.13. The van der Waals surface area contributed by atoms with Crippen molar-refractivity contribution in [3.8, 4) is 0 Å². The molecule has 10 nitrogen and oxygen atoms in total. The van der Waals surface area contributed by atoms with Crippen LogP contribution < -0.4 is 0 Å². The third-order valence-electron chi connectivity index (χ3n) is 8.51. The number of aliphatic hydroxyl groups excluding tert-OH is 1. The van der Waals surface area contributed by atoms with Crippen molar-refractivity contribution < 1.29 is 47.2 Å². The number of phosphoric acid groups is 1. The average Bonchev–Trinajstić information content (AvgIpc) is 3.15. The zero-order valence-corrected chi connectivity index (χ0v) is 37.0. The van der Waals surface area contributed by atoms with Gasteiger partial charge in [-0.15, -0.1) is 0 Å². The first-order valence-corrected chi connectivity index (χ1v) is 22.9. The molecule has 0 radical (unpaired) electrons. The van der Waals surface area contributed by atoms with Gasteiger partial charge in [-0.3, -0.25) is 18.6 Å². The van der Waals surface area contributed by atoms with Crippen molar-refractivity contribution in [3.63, 3.8) is 0 Å². The van der Waals surface area contributed by atoms with Crippen LogP contribution in [0, 0.1) is 0 Å². The topological polar surface area (TPSA) is 129 Å². The second-order valence-electron chi connectivity index (χ2n) is 15.2. The third kappa shape index (κ3) is 41.1. The summed E-state index contributed by atoms with van der Waals surface area (Å²) < 4.78 is 34.0. The molecule has 2 N–H and O–H groups in total. The van der Waals surface area contributed by atoms with E-state index in [-0.39, 0.29) is 26.1 Å². The van der Waals surface area contributed by atoms with E-state index in [0.717, 1.165) is 51.4 Å². The summed E-state index contributed by atoms with van der Waals surface area (Å²) in [6, 6.07) is 0. The van der Waals surface area contributed by atoms with Crippen LogP contribution in [0.25, 0.3) is 0 Å². The Balaban J connectivity index is 4.66. The van der Waals surface area contributed by atoms with Crippen molar-refractivity contribution in [1.29, 1.82) is 0 Å². The molecule has 3 atom stereocenters. The van der Waals surface area contributed by atoms with Gasteiger partial charge in [-0.2, -0.15) is 0 Å². The first kappa shape index (κ1) is 54.2. The van der Waals surface area contributed by atoms with Gasteiger partial charge < -0.3 is 24.0 Å². The zero-order chi connectivity index (χ0) is 42.3. The van der Waals surface area contributed by atoms with Crippen molar-refractivity contribution in [2.24, 2.45) is 0 Å².